The van der Waals surface area contributed by atoms with Crippen LogP contribution < -0.4 is 4.74 Å². The van der Waals surface area contributed by atoms with Crippen LogP contribution in [0.4, 0.5) is 0 Å². The van der Waals surface area contributed by atoms with Gasteiger partial charge in [-0.25, -0.2) is 0 Å². The van der Waals surface area contributed by atoms with E-state index < -0.39 is 0 Å². The van der Waals surface area contributed by atoms with Gasteiger partial charge in [0.2, 0.25) is 0 Å². The second kappa shape index (κ2) is 6.08. The van der Waals surface area contributed by atoms with Gasteiger partial charge in [-0.3, -0.25) is 0 Å². The summed E-state index contributed by atoms with van der Waals surface area (Å²) in [5.41, 5.74) is 4.02. The molecule has 1 aliphatic rings. The van der Waals surface area contributed by atoms with Crippen molar-refractivity contribution < 1.29 is 4.74 Å². The summed E-state index contributed by atoms with van der Waals surface area (Å²) < 4.78 is 5.42. The fourth-order valence-electron chi connectivity index (χ4n) is 3.09. The zero-order chi connectivity index (χ0) is 14.8. The van der Waals surface area contributed by atoms with Crippen molar-refractivity contribution >= 4 is 11.6 Å². The van der Waals surface area contributed by atoms with Gasteiger partial charge in [0.15, 0.2) is 0 Å². The molecule has 0 N–H and O–H groups in total. The van der Waals surface area contributed by atoms with E-state index in [1.807, 2.05) is 0 Å². The first-order chi connectivity index (χ1) is 10.2. The highest BCUT2D eigenvalue weighted by Crippen LogP contribution is 2.37. The maximum absolute atomic E-state index is 6.31. The largest absolute Gasteiger partial charge is 0.495 e. The van der Waals surface area contributed by atoms with Gasteiger partial charge >= 0.3 is 0 Å². The highest BCUT2D eigenvalue weighted by Gasteiger charge is 2.24. The molecule has 0 amide bonds. The van der Waals surface area contributed by atoms with Gasteiger partial charge in [-0.1, -0.05) is 41.9 Å². The minimum atomic E-state index is 0.361. The molecule has 0 bridgehead atoms. The number of fused-ring (bicyclic) bond motifs is 1. The Balaban J connectivity index is 2.12. The monoisotopic (exact) mass is 300 g/mol. The van der Waals surface area contributed by atoms with Crippen LogP contribution in [0.5, 0.6) is 5.75 Å². The molecule has 1 heterocycles. The molecule has 2 aromatic rings. The summed E-state index contributed by atoms with van der Waals surface area (Å²) in [6, 6.07) is 14.9. The van der Waals surface area contributed by atoms with E-state index in [2.05, 4.69) is 54.4 Å². The third kappa shape index (κ3) is 2.92. The van der Waals surface area contributed by atoms with Crippen molar-refractivity contribution in [3.63, 3.8) is 0 Å². The number of methoxy groups -OCH3 is 1. The van der Waals surface area contributed by atoms with Crippen molar-refractivity contribution in [2.45, 2.75) is 12.3 Å². The Morgan fingerprint density at radius 2 is 1.95 bits per heavy atom. The summed E-state index contributed by atoms with van der Waals surface area (Å²) in [4.78, 5) is 2.39. The molecule has 0 aliphatic carbocycles. The number of benzene rings is 2. The first-order valence-corrected chi connectivity index (χ1v) is 7.66. The predicted molar refractivity (Wildman–Crippen MR) is 87.5 cm³/mol. The predicted octanol–water partition coefficient (Wildman–Crippen LogP) is 3.97. The molecular formula is C18H20ClNO. The van der Waals surface area contributed by atoms with E-state index >= 15 is 0 Å². The fraction of sp³-hybridized carbons (Fsp3) is 0.333. The maximum atomic E-state index is 6.31. The summed E-state index contributed by atoms with van der Waals surface area (Å²) >= 11 is 6.31. The van der Waals surface area contributed by atoms with Crippen LogP contribution in [-0.4, -0.2) is 32.1 Å². The van der Waals surface area contributed by atoms with Crippen LogP contribution >= 0.6 is 11.6 Å². The number of hydrogen-bond acceptors (Lipinski definition) is 2. The van der Waals surface area contributed by atoms with Crippen LogP contribution in [0.2, 0.25) is 5.02 Å². The average molecular weight is 301 g/mol. The second-order valence-corrected chi connectivity index (χ2v) is 6.07. The molecular weight excluding hydrogens is 281 g/mol. The van der Waals surface area contributed by atoms with Gasteiger partial charge in [0.1, 0.15) is 5.75 Å². The van der Waals surface area contributed by atoms with E-state index in [0.29, 0.717) is 10.9 Å². The van der Waals surface area contributed by atoms with E-state index in [-0.39, 0.29) is 0 Å². The highest BCUT2D eigenvalue weighted by atomic mass is 35.5. The Morgan fingerprint density at radius 1 is 1.19 bits per heavy atom. The van der Waals surface area contributed by atoms with E-state index in [0.717, 1.165) is 25.3 Å². The van der Waals surface area contributed by atoms with Crippen LogP contribution in [0.1, 0.15) is 22.6 Å². The molecule has 1 aliphatic heterocycles. The van der Waals surface area contributed by atoms with Crippen molar-refractivity contribution in [2.24, 2.45) is 0 Å². The maximum Gasteiger partial charge on any atom is 0.137 e. The number of hydrogen-bond donors (Lipinski definition) is 0. The van der Waals surface area contributed by atoms with Crippen LogP contribution in [0.15, 0.2) is 42.5 Å². The summed E-state index contributed by atoms with van der Waals surface area (Å²) in [7, 11) is 3.86. The minimum absolute atomic E-state index is 0.361. The number of ether oxygens (including phenoxy) is 1. The molecule has 0 saturated carbocycles. The van der Waals surface area contributed by atoms with E-state index in [4.69, 9.17) is 16.3 Å². The van der Waals surface area contributed by atoms with Crippen LogP contribution in [-0.2, 0) is 6.42 Å². The highest BCUT2D eigenvalue weighted by molar-refractivity contribution is 6.32. The topological polar surface area (TPSA) is 12.5 Å². The molecule has 0 fully saturated rings. The van der Waals surface area contributed by atoms with Crippen molar-refractivity contribution in [1.82, 2.24) is 4.90 Å². The van der Waals surface area contributed by atoms with Crippen molar-refractivity contribution in [3.05, 3.63) is 64.2 Å². The summed E-state index contributed by atoms with van der Waals surface area (Å²) in [6.07, 6.45) is 1.03. The first-order valence-electron chi connectivity index (χ1n) is 7.29. The lowest BCUT2D eigenvalue weighted by Gasteiger charge is -2.22. The standard InChI is InChI=1S/C18H20ClNO/c1-20-9-8-14-10-17(19)18(21-2)11-15(14)16(12-20)13-6-4-3-5-7-13/h3-7,10-11,16H,8-9,12H2,1-2H3/i2-1. The molecule has 0 radical (unpaired) electrons. The normalized spacial score (nSPS) is 18.9. The van der Waals surface area contributed by atoms with E-state index in [1.54, 1.807) is 7.11 Å². The molecule has 110 valence electrons. The lowest BCUT2D eigenvalue weighted by molar-refractivity contribution is 0.338. The third-order valence-electron chi connectivity index (χ3n) is 4.25. The van der Waals surface area contributed by atoms with Crippen molar-refractivity contribution in [3.8, 4) is 5.75 Å². The Morgan fingerprint density at radius 3 is 2.67 bits per heavy atom. The number of nitrogens with zero attached hydrogens (tertiary/aromatic N) is 1. The zero-order valence-corrected chi connectivity index (χ0v) is 13.2. The zero-order valence-electron chi connectivity index (χ0n) is 12.5. The van der Waals surface area contributed by atoms with Gasteiger partial charge < -0.3 is 9.64 Å². The SMILES string of the molecule is CN1CCc2cc(Cl)c(O[11CH3])cc2C(c2ccccc2)C1. The molecule has 21 heavy (non-hydrogen) atoms. The smallest absolute Gasteiger partial charge is 0.137 e. The third-order valence-corrected chi connectivity index (χ3v) is 4.54. The van der Waals surface area contributed by atoms with Crippen molar-refractivity contribution in [1.29, 1.82) is 0 Å². The second-order valence-electron chi connectivity index (χ2n) is 5.66. The number of rotatable bonds is 2. The quantitative estimate of drug-likeness (QED) is 0.832. The molecule has 1 unspecified atom stereocenters. The van der Waals surface area contributed by atoms with Gasteiger partial charge in [0, 0.05) is 19.0 Å². The molecule has 0 saturated heterocycles. The molecule has 1 atom stereocenters. The Hall–Kier alpha value is -1.51. The minimum Gasteiger partial charge on any atom is -0.495 e. The van der Waals surface area contributed by atoms with Crippen LogP contribution in [0, 0.1) is 0 Å². The van der Waals surface area contributed by atoms with Gasteiger partial charge in [0.25, 0.3) is 0 Å². The van der Waals surface area contributed by atoms with Gasteiger partial charge in [-0.05, 0) is 42.3 Å². The molecule has 0 aromatic heterocycles. The van der Waals surface area contributed by atoms with Gasteiger partial charge in [0.05, 0.1) is 12.1 Å². The van der Waals surface area contributed by atoms with Gasteiger partial charge in [-0.2, -0.15) is 0 Å². The van der Waals surface area contributed by atoms with Gasteiger partial charge in [-0.15, -0.1) is 0 Å². The molecule has 2 nitrogen and oxygen atoms in total. The number of likely N-dealkylation sites (N-methyl/N-ethyl adjacent to an activating group) is 1. The Labute approximate surface area is 131 Å². The van der Waals surface area contributed by atoms with Crippen LogP contribution in [0.3, 0.4) is 0 Å². The number of halogens is 1. The summed E-state index contributed by atoms with van der Waals surface area (Å²) in [6.45, 7) is 2.07. The summed E-state index contributed by atoms with van der Waals surface area (Å²) in [5.74, 6) is 1.13. The first kappa shape index (κ1) is 14.4. The Kier molecular flexibility index (Phi) is 4.18. The van der Waals surface area contributed by atoms with Crippen molar-refractivity contribution in [2.75, 3.05) is 27.2 Å². The lowest BCUT2D eigenvalue weighted by Crippen LogP contribution is -2.24. The summed E-state index contributed by atoms with van der Waals surface area (Å²) in [5, 5.41) is 0.701. The molecule has 3 rings (SSSR count). The fourth-order valence-corrected chi connectivity index (χ4v) is 3.35. The van der Waals surface area contributed by atoms with Crippen LogP contribution in [0.25, 0.3) is 0 Å². The molecule has 2 aromatic carbocycles. The lowest BCUT2D eigenvalue weighted by atomic mass is 9.88. The van der Waals surface area contributed by atoms with E-state index in [1.165, 1.54) is 16.7 Å². The molecule has 0 spiro atoms. The molecule has 3 heteroatoms. The average Bonchev–Trinajstić information content (AvgIpc) is 2.67. The van der Waals surface area contributed by atoms with E-state index in [9.17, 15) is 0 Å². The Bertz CT molecular complexity index is 627.